The van der Waals surface area contributed by atoms with E-state index < -0.39 is 29.9 Å². The molecule has 0 aliphatic heterocycles. The van der Waals surface area contributed by atoms with Gasteiger partial charge in [0.25, 0.3) is 0 Å². The van der Waals surface area contributed by atoms with Crippen molar-refractivity contribution in [2.75, 3.05) is 12.0 Å². The van der Waals surface area contributed by atoms with Crippen molar-refractivity contribution in [1.29, 1.82) is 0 Å². The Morgan fingerprint density at radius 1 is 1.24 bits per heavy atom. The Bertz CT molecular complexity index is 752. The zero-order valence-corrected chi connectivity index (χ0v) is 19.0. The van der Waals surface area contributed by atoms with Crippen LogP contribution < -0.4 is 5.73 Å². The molecule has 1 aromatic carbocycles. The van der Waals surface area contributed by atoms with Gasteiger partial charge in [0.1, 0.15) is 6.04 Å². The quantitative estimate of drug-likeness (QED) is 0.405. The van der Waals surface area contributed by atoms with Gasteiger partial charge >= 0.3 is 5.97 Å². The Morgan fingerprint density at radius 2 is 1.86 bits per heavy atom. The third-order valence-corrected chi connectivity index (χ3v) is 5.31. The van der Waals surface area contributed by atoms with Crippen LogP contribution in [-0.2, 0) is 20.8 Å². The van der Waals surface area contributed by atoms with Crippen molar-refractivity contribution in [1.82, 2.24) is 4.90 Å². The lowest BCUT2D eigenvalue weighted by Crippen LogP contribution is -2.55. The first-order valence-corrected chi connectivity index (χ1v) is 11.3. The van der Waals surface area contributed by atoms with Gasteiger partial charge in [-0.2, -0.15) is 11.8 Å². The number of hydrogen-bond acceptors (Lipinski definition) is 6. The fourth-order valence-electron chi connectivity index (χ4n) is 2.98. The standard InChI is InChI=1S/C21H30N2O4S2/c1-13(2)11-19(24)23(20(25)17(22)9-10-29-4)18(21(26)27)12-15-7-5-6-8-16(15)14(3)28/h5-8,13,17-18H,9-12,22H2,1-4H3,(H,26,27). The molecular weight excluding hydrogens is 408 g/mol. The highest BCUT2D eigenvalue weighted by atomic mass is 32.2. The molecule has 0 aliphatic carbocycles. The molecule has 3 N–H and O–H groups in total. The number of thiocarbonyl (C=S) groups is 1. The Balaban J connectivity index is 3.32. The topological polar surface area (TPSA) is 101 Å². The van der Waals surface area contributed by atoms with Crippen molar-refractivity contribution in [3.63, 3.8) is 0 Å². The maximum Gasteiger partial charge on any atom is 0.327 e. The molecule has 0 heterocycles. The largest absolute Gasteiger partial charge is 0.480 e. The van der Waals surface area contributed by atoms with E-state index >= 15 is 0 Å². The summed E-state index contributed by atoms with van der Waals surface area (Å²) in [5.74, 6) is -1.79. The van der Waals surface area contributed by atoms with E-state index in [9.17, 15) is 19.5 Å². The molecule has 0 saturated heterocycles. The molecule has 0 radical (unpaired) electrons. The molecule has 0 spiro atoms. The van der Waals surface area contributed by atoms with Crippen molar-refractivity contribution in [3.05, 3.63) is 35.4 Å². The van der Waals surface area contributed by atoms with Gasteiger partial charge in [0.15, 0.2) is 0 Å². The molecule has 2 unspecified atom stereocenters. The number of carboxylic acids is 1. The molecule has 160 valence electrons. The first-order chi connectivity index (χ1) is 13.6. The van der Waals surface area contributed by atoms with Crippen LogP contribution in [-0.4, -0.2) is 56.7 Å². The Hall–Kier alpha value is -1.77. The molecule has 29 heavy (non-hydrogen) atoms. The average Bonchev–Trinajstić information content (AvgIpc) is 2.64. The van der Waals surface area contributed by atoms with Gasteiger partial charge in [0, 0.05) is 17.7 Å². The summed E-state index contributed by atoms with van der Waals surface area (Å²) in [4.78, 5) is 39.5. The zero-order chi connectivity index (χ0) is 22.1. The zero-order valence-electron chi connectivity index (χ0n) is 17.4. The number of hydrogen-bond donors (Lipinski definition) is 2. The molecular formula is C21H30N2O4S2. The van der Waals surface area contributed by atoms with Crippen molar-refractivity contribution >= 4 is 46.6 Å². The van der Waals surface area contributed by atoms with E-state index in [1.54, 1.807) is 19.1 Å². The number of thioether (sulfide) groups is 1. The Kier molecular flexibility index (Phi) is 10.5. The lowest BCUT2D eigenvalue weighted by atomic mass is 9.96. The van der Waals surface area contributed by atoms with Gasteiger partial charge in [-0.25, -0.2) is 4.79 Å². The van der Waals surface area contributed by atoms with Crippen LogP contribution >= 0.6 is 24.0 Å². The van der Waals surface area contributed by atoms with Crippen molar-refractivity contribution < 1.29 is 19.5 Å². The number of carbonyl (C=O) groups is 3. The molecule has 0 fully saturated rings. The number of imide groups is 1. The van der Waals surface area contributed by atoms with Crippen LogP contribution in [0.1, 0.15) is 44.7 Å². The predicted molar refractivity (Wildman–Crippen MR) is 121 cm³/mol. The van der Waals surface area contributed by atoms with E-state index in [2.05, 4.69) is 0 Å². The number of rotatable bonds is 11. The van der Waals surface area contributed by atoms with Gasteiger partial charge < -0.3 is 10.8 Å². The predicted octanol–water partition coefficient (Wildman–Crippen LogP) is 2.90. The number of nitrogens with zero attached hydrogens (tertiary/aromatic N) is 1. The van der Waals surface area contributed by atoms with Crippen LogP contribution in [0.4, 0.5) is 0 Å². The molecule has 1 aromatic rings. The Labute approximate surface area is 182 Å². The second kappa shape index (κ2) is 12.0. The minimum atomic E-state index is -1.34. The van der Waals surface area contributed by atoms with Crippen molar-refractivity contribution in [2.24, 2.45) is 11.7 Å². The summed E-state index contributed by atoms with van der Waals surface area (Å²) in [6, 6.07) is 4.90. The second-order valence-corrected chi connectivity index (χ2v) is 8.96. The number of aliphatic carboxylic acids is 1. The Morgan fingerprint density at radius 3 is 2.38 bits per heavy atom. The van der Waals surface area contributed by atoms with Gasteiger partial charge in [0.05, 0.1) is 6.04 Å². The van der Waals surface area contributed by atoms with Gasteiger partial charge in [-0.15, -0.1) is 0 Å². The number of carbonyl (C=O) groups excluding carboxylic acids is 2. The lowest BCUT2D eigenvalue weighted by Gasteiger charge is -2.30. The van der Waals surface area contributed by atoms with Gasteiger partial charge in [-0.05, 0) is 42.4 Å². The van der Waals surface area contributed by atoms with Crippen LogP contribution in [0.2, 0.25) is 0 Å². The fraction of sp³-hybridized carbons (Fsp3) is 0.524. The van der Waals surface area contributed by atoms with E-state index in [4.69, 9.17) is 18.0 Å². The molecule has 6 nitrogen and oxygen atoms in total. The number of nitrogens with two attached hydrogens (primary N) is 1. The normalized spacial score (nSPS) is 13.0. The molecule has 0 aromatic heterocycles. The van der Waals surface area contributed by atoms with Gasteiger partial charge in [-0.1, -0.05) is 50.3 Å². The van der Waals surface area contributed by atoms with Gasteiger partial charge in [0.2, 0.25) is 11.8 Å². The van der Waals surface area contributed by atoms with Crippen LogP contribution in [0.25, 0.3) is 0 Å². The molecule has 2 amide bonds. The van der Waals surface area contributed by atoms with Crippen LogP contribution in [0.3, 0.4) is 0 Å². The van der Waals surface area contributed by atoms with E-state index in [1.807, 2.05) is 32.2 Å². The third-order valence-electron chi connectivity index (χ3n) is 4.45. The third kappa shape index (κ3) is 7.53. The maximum absolute atomic E-state index is 13.0. The minimum Gasteiger partial charge on any atom is -0.480 e. The number of carboxylic acid groups (broad SMARTS) is 1. The van der Waals surface area contributed by atoms with Crippen LogP contribution in [0, 0.1) is 5.92 Å². The highest BCUT2D eigenvalue weighted by Gasteiger charge is 2.37. The molecule has 0 aliphatic rings. The second-order valence-electron chi connectivity index (χ2n) is 7.36. The number of benzene rings is 1. The average molecular weight is 439 g/mol. The summed E-state index contributed by atoms with van der Waals surface area (Å²) in [7, 11) is 0. The molecule has 1 rings (SSSR count). The summed E-state index contributed by atoms with van der Waals surface area (Å²) in [5.41, 5.74) is 7.43. The summed E-state index contributed by atoms with van der Waals surface area (Å²) in [6.07, 6.45) is 2.31. The maximum atomic E-state index is 13.0. The molecule has 0 saturated carbocycles. The summed E-state index contributed by atoms with van der Waals surface area (Å²) >= 11 is 6.80. The molecule has 0 bridgehead atoms. The van der Waals surface area contributed by atoms with E-state index in [0.717, 1.165) is 10.5 Å². The highest BCUT2D eigenvalue weighted by Crippen LogP contribution is 2.19. The lowest BCUT2D eigenvalue weighted by molar-refractivity contribution is -0.159. The monoisotopic (exact) mass is 438 g/mol. The molecule has 8 heteroatoms. The van der Waals surface area contributed by atoms with Gasteiger partial charge in [-0.3, -0.25) is 14.5 Å². The minimum absolute atomic E-state index is 0.0230. The van der Waals surface area contributed by atoms with E-state index in [0.29, 0.717) is 22.6 Å². The molecule has 2 atom stereocenters. The first-order valence-electron chi connectivity index (χ1n) is 9.52. The van der Waals surface area contributed by atoms with Crippen LogP contribution in [0.5, 0.6) is 0 Å². The SMILES string of the molecule is CSCCC(N)C(=O)N(C(=O)CC(C)C)C(Cc1ccccc1C(C)=S)C(=O)O. The fourth-order valence-corrected chi connectivity index (χ4v) is 3.67. The smallest absolute Gasteiger partial charge is 0.327 e. The van der Waals surface area contributed by atoms with Crippen molar-refractivity contribution in [3.8, 4) is 0 Å². The summed E-state index contributed by atoms with van der Waals surface area (Å²) in [6.45, 7) is 5.44. The number of amides is 2. The summed E-state index contributed by atoms with van der Waals surface area (Å²) < 4.78 is 0. The van der Waals surface area contributed by atoms with E-state index in [1.165, 1.54) is 11.8 Å². The highest BCUT2D eigenvalue weighted by molar-refractivity contribution is 7.98. The first kappa shape index (κ1) is 25.3. The van der Waals surface area contributed by atoms with Crippen LogP contribution in [0.15, 0.2) is 24.3 Å². The van der Waals surface area contributed by atoms with E-state index in [-0.39, 0.29) is 18.8 Å². The van der Waals surface area contributed by atoms with Crippen molar-refractivity contribution in [2.45, 2.75) is 52.1 Å². The summed E-state index contributed by atoms with van der Waals surface area (Å²) in [5, 5.41) is 9.90.